The monoisotopic (exact) mass is 414 g/mol. The van der Waals surface area contributed by atoms with Gasteiger partial charge in [0.25, 0.3) is 11.5 Å². The number of unbranched alkanes of at least 4 members (excludes halogenated alkanes) is 1. The molecule has 0 saturated carbocycles. The van der Waals surface area contributed by atoms with Gasteiger partial charge in [-0.25, -0.2) is 0 Å². The minimum absolute atomic E-state index is 0.170. The van der Waals surface area contributed by atoms with Crippen molar-refractivity contribution in [2.45, 2.75) is 70.9 Å². The van der Waals surface area contributed by atoms with Crippen LogP contribution in [0.25, 0.3) is 0 Å². The zero-order valence-electron chi connectivity index (χ0n) is 17.3. The summed E-state index contributed by atoms with van der Waals surface area (Å²) >= 11 is 6.13. The second kappa shape index (κ2) is 10.6. The summed E-state index contributed by atoms with van der Waals surface area (Å²) in [4.78, 5) is 26.4. The maximum absolute atomic E-state index is 13.3. The van der Waals surface area contributed by atoms with Gasteiger partial charge in [-0.15, -0.1) is 11.6 Å². The van der Waals surface area contributed by atoms with Gasteiger partial charge in [-0.3, -0.25) is 9.59 Å². The molecule has 29 heavy (non-hydrogen) atoms. The van der Waals surface area contributed by atoms with E-state index in [9.17, 15) is 9.59 Å². The van der Waals surface area contributed by atoms with Gasteiger partial charge in [0.2, 0.25) is 0 Å². The number of carbonyl (C=O) groups excluding carboxylic acids is 1. The lowest BCUT2D eigenvalue weighted by molar-refractivity contribution is 0.0938. The molecule has 1 aliphatic carbocycles. The van der Waals surface area contributed by atoms with E-state index in [4.69, 9.17) is 11.6 Å². The second-order valence-electron chi connectivity index (χ2n) is 7.85. The number of benzene rings is 1. The number of carbonyl (C=O) groups is 1. The Labute approximate surface area is 178 Å². The summed E-state index contributed by atoms with van der Waals surface area (Å²) in [6.45, 7) is 2.80. The minimum atomic E-state index is -0.334. The first kappa shape index (κ1) is 21.6. The number of amides is 1. The van der Waals surface area contributed by atoms with Gasteiger partial charge >= 0.3 is 0 Å². The number of nitrogens with zero attached hydrogens (tertiary/aromatic N) is 1. The van der Waals surface area contributed by atoms with Gasteiger partial charge in [-0.05, 0) is 49.3 Å². The molecule has 0 spiro atoms. The molecule has 1 heterocycles. The number of pyridine rings is 1. The van der Waals surface area contributed by atoms with E-state index in [1.807, 2.05) is 41.0 Å². The van der Waals surface area contributed by atoms with Crippen LogP contribution < -0.4 is 10.9 Å². The molecule has 0 saturated heterocycles. The van der Waals surface area contributed by atoms with Crippen LogP contribution in [0.15, 0.2) is 41.2 Å². The van der Waals surface area contributed by atoms with Crippen molar-refractivity contribution in [1.29, 1.82) is 0 Å². The SMILES string of the molecule is CCCCn1c2c(cc(C(=O)N[C@@H](CCl)c3ccccc3)c1=O)CCCCCC2. The predicted molar refractivity (Wildman–Crippen MR) is 119 cm³/mol. The highest BCUT2D eigenvalue weighted by atomic mass is 35.5. The van der Waals surface area contributed by atoms with Crippen molar-refractivity contribution in [3.8, 4) is 0 Å². The number of halogens is 1. The minimum Gasteiger partial charge on any atom is -0.344 e. The first-order valence-electron chi connectivity index (χ1n) is 10.8. The van der Waals surface area contributed by atoms with E-state index in [1.165, 1.54) is 12.8 Å². The molecule has 1 atom stereocenters. The fraction of sp³-hybridized carbons (Fsp3) is 0.500. The Kier molecular flexibility index (Phi) is 7.93. The van der Waals surface area contributed by atoms with Crippen LogP contribution in [-0.2, 0) is 19.4 Å². The summed E-state index contributed by atoms with van der Waals surface area (Å²) in [5.41, 5.74) is 3.31. The van der Waals surface area contributed by atoms with Gasteiger partial charge in [0, 0.05) is 18.1 Å². The number of fused-ring (bicyclic) bond motifs is 1. The van der Waals surface area contributed by atoms with Crippen LogP contribution >= 0.6 is 11.6 Å². The number of alkyl halides is 1. The molecule has 1 N–H and O–H groups in total. The number of nitrogens with one attached hydrogen (secondary N) is 1. The second-order valence-corrected chi connectivity index (χ2v) is 8.15. The first-order valence-corrected chi connectivity index (χ1v) is 11.4. The van der Waals surface area contributed by atoms with Crippen LogP contribution in [0.4, 0.5) is 0 Å². The first-order chi connectivity index (χ1) is 14.2. The molecule has 3 rings (SSSR count). The molecule has 5 heteroatoms. The number of rotatable bonds is 7. The molecule has 156 valence electrons. The summed E-state index contributed by atoms with van der Waals surface area (Å²) in [5, 5.41) is 2.97. The van der Waals surface area contributed by atoms with Gasteiger partial charge in [0.05, 0.1) is 6.04 Å². The van der Waals surface area contributed by atoms with Gasteiger partial charge in [0.15, 0.2) is 0 Å². The van der Waals surface area contributed by atoms with E-state index in [0.717, 1.165) is 55.3 Å². The Balaban J connectivity index is 1.96. The highest BCUT2D eigenvalue weighted by Gasteiger charge is 2.22. The van der Waals surface area contributed by atoms with Gasteiger partial charge in [0.1, 0.15) is 5.56 Å². The van der Waals surface area contributed by atoms with Crippen LogP contribution in [-0.4, -0.2) is 16.4 Å². The topological polar surface area (TPSA) is 51.1 Å². The van der Waals surface area contributed by atoms with Crippen LogP contribution in [0.3, 0.4) is 0 Å². The third kappa shape index (κ3) is 5.30. The fourth-order valence-electron chi connectivity index (χ4n) is 4.08. The average Bonchev–Trinajstić information content (AvgIpc) is 2.72. The van der Waals surface area contributed by atoms with E-state index in [0.29, 0.717) is 6.54 Å². The summed E-state index contributed by atoms with van der Waals surface area (Å²) < 4.78 is 1.87. The normalized spacial score (nSPS) is 15.1. The molecule has 2 aromatic rings. The van der Waals surface area contributed by atoms with Crippen LogP contribution in [0.5, 0.6) is 0 Å². The standard InChI is InChI=1S/C24H31ClN2O2/c1-2-3-15-27-22-14-10-5-4-7-13-19(22)16-20(24(27)29)23(28)26-21(17-25)18-11-8-6-9-12-18/h6,8-9,11-12,16,21H,2-5,7,10,13-15,17H2,1H3,(H,26,28)/t21-/m0/s1. The van der Waals surface area contributed by atoms with Crippen LogP contribution in [0, 0.1) is 0 Å². The molecular weight excluding hydrogens is 384 g/mol. The number of hydrogen-bond donors (Lipinski definition) is 1. The third-order valence-corrected chi connectivity index (χ3v) is 6.05. The molecule has 1 amide bonds. The van der Waals surface area contributed by atoms with Crippen molar-refractivity contribution in [3.05, 3.63) is 69.1 Å². The lowest BCUT2D eigenvalue weighted by atomic mass is 9.95. The molecule has 1 aromatic heterocycles. The van der Waals surface area contributed by atoms with Crippen molar-refractivity contribution >= 4 is 17.5 Å². The van der Waals surface area contributed by atoms with Crippen LogP contribution in [0.1, 0.15) is 78.7 Å². The van der Waals surface area contributed by atoms with Crippen molar-refractivity contribution < 1.29 is 4.79 Å². The van der Waals surface area contributed by atoms with Crippen molar-refractivity contribution in [1.82, 2.24) is 9.88 Å². The zero-order chi connectivity index (χ0) is 20.6. The van der Waals surface area contributed by atoms with E-state index in [1.54, 1.807) is 0 Å². The summed E-state index contributed by atoms with van der Waals surface area (Å²) in [6, 6.07) is 11.2. The number of hydrogen-bond acceptors (Lipinski definition) is 2. The number of aryl methyl sites for hydroxylation is 1. The summed E-state index contributed by atoms with van der Waals surface area (Å²) in [6.07, 6.45) is 8.42. The smallest absolute Gasteiger partial charge is 0.263 e. The molecule has 0 aliphatic heterocycles. The molecule has 0 fully saturated rings. The summed E-state index contributed by atoms with van der Waals surface area (Å²) in [5.74, 6) is -0.0790. The Morgan fingerprint density at radius 2 is 1.86 bits per heavy atom. The quantitative estimate of drug-likeness (QED) is 0.647. The molecule has 1 aliphatic rings. The van der Waals surface area contributed by atoms with Crippen molar-refractivity contribution in [3.63, 3.8) is 0 Å². The summed E-state index contributed by atoms with van der Waals surface area (Å²) in [7, 11) is 0. The van der Waals surface area contributed by atoms with Gasteiger partial charge < -0.3 is 9.88 Å². The highest BCUT2D eigenvalue weighted by Crippen LogP contribution is 2.21. The van der Waals surface area contributed by atoms with E-state index < -0.39 is 0 Å². The fourth-order valence-corrected chi connectivity index (χ4v) is 4.34. The molecule has 0 unspecified atom stereocenters. The van der Waals surface area contributed by atoms with E-state index in [-0.39, 0.29) is 29.0 Å². The van der Waals surface area contributed by atoms with Gasteiger partial charge in [-0.2, -0.15) is 0 Å². The van der Waals surface area contributed by atoms with Crippen molar-refractivity contribution in [2.75, 3.05) is 5.88 Å². The maximum atomic E-state index is 13.3. The van der Waals surface area contributed by atoms with E-state index >= 15 is 0 Å². The Morgan fingerprint density at radius 3 is 2.55 bits per heavy atom. The molecule has 0 radical (unpaired) electrons. The Bertz CT molecular complexity index is 876. The Hall–Kier alpha value is -2.07. The molecular formula is C24H31ClN2O2. The molecule has 1 aromatic carbocycles. The van der Waals surface area contributed by atoms with Crippen LogP contribution in [0.2, 0.25) is 0 Å². The lowest BCUT2D eigenvalue weighted by Gasteiger charge is -2.22. The van der Waals surface area contributed by atoms with E-state index in [2.05, 4.69) is 12.2 Å². The third-order valence-electron chi connectivity index (χ3n) is 5.74. The van der Waals surface area contributed by atoms with Crippen molar-refractivity contribution in [2.24, 2.45) is 0 Å². The molecule has 4 nitrogen and oxygen atoms in total. The largest absolute Gasteiger partial charge is 0.344 e. The van der Waals surface area contributed by atoms with Gasteiger partial charge in [-0.1, -0.05) is 56.5 Å². The number of aromatic nitrogens is 1. The Morgan fingerprint density at radius 1 is 1.14 bits per heavy atom. The highest BCUT2D eigenvalue weighted by molar-refractivity contribution is 6.18. The molecule has 0 bridgehead atoms. The maximum Gasteiger partial charge on any atom is 0.263 e. The average molecular weight is 415 g/mol. The zero-order valence-corrected chi connectivity index (χ0v) is 18.0. The lowest BCUT2D eigenvalue weighted by Crippen LogP contribution is -2.37. The predicted octanol–water partition coefficient (Wildman–Crippen LogP) is 5.02.